The molecule has 0 unspecified atom stereocenters. The van der Waals surface area contributed by atoms with Gasteiger partial charge in [-0.05, 0) is 49.2 Å². The molecule has 1 aromatic heterocycles. The number of rotatable bonds is 5. The summed E-state index contributed by atoms with van der Waals surface area (Å²) >= 11 is 7.57. The van der Waals surface area contributed by atoms with E-state index in [0.29, 0.717) is 40.7 Å². The molecule has 0 bridgehead atoms. The van der Waals surface area contributed by atoms with Crippen LogP contribution in [0.2, 0.25) is 5.02 Å². The second-order valence-electron chi connectivity index (χ2n) is 7.09. The number of hydrogen-bond donors (Lipinski definition) is 1. The van der Waals surface area contributed by atoms with E-state index in [1.807, 2.05) is 0 Å². The molecule has 154 valence electrons. The van der Waals surface area contributed by atoms with Crippen LogP contribution in [0.25, 0.3) is 0 Å². The molecule has 0 aliphatic carbocycles. The van der Waals surface area contributed by atoms with Crippen LogP contribution >= 0.6 is 22.9 Å². The second kappa shape index (κ2) is 8.53. The van der Waals surface area contributed by atoms with Gasteiger partial charge in [-0.1, -0.05) is 23.7 Å². The number of amides is 2. The van der Waals surface area contributed by atoms with Crippen LogP contribution in [0, 0.1) is 12.7 Å². The molecule has 0 radical (unpaired) electrons. The van der Waals surface area contributed by atoms with Crippen LogP contribution in [-0.4, -0.2) is 23.3 Å². The Morgan fingerprint density at radius 2 is 2.03 bits per heavy atom. The molecule has 4 rings (SSSR count). The molecule has 2 aromatic carbocycles. The first-order valence-electron chi connectivity index (χ1n) is 9.53. The van der Waals surface area contributed by atoms with Gasteiger partial charge in [0.2, 0.25) is 5.91 Å². The Morgan fingerprint density at radius 3 is 2.73 bits per heavy atom. The summed E-state index contributed by atoms with van der Waals surface area (Å²) in [4.78, 5) is 31.5. The molecule has 5 nitrogen and oxygen atoms in total. The Hall–Kier alpha value is -2.77. The normalized spacial score (nSPS) is 13.7. The highest BCUT2D eigenvalue weighted by Crippen LogP contribution is 2.31. The molecule has 2 heterocycles. The number of thiazole rings is 1. The first-order valence-corrected chi connectivity index (χ1v) is 10.7. The Morgan fingerprint density at radius 1 is 1.27 bits per heavy atom. The smallest absolute Gasteiger partial charge is 0.267 e. The third-order valence-electron chi connectivity index (χ3n) is 4.90. The molecule has 2 amide bonds. The predicted octanol–water partition coefficient (Wildman–Crippen LogP) is 5.21. The standard InChI is InChI=1S/C22H19ClFN3O2S/c1-13-21(30-19(25-13)11-14-4-6-15(24)7-5-14)22(29)26-18-12-16(8-9-17(18)23)27-10-2-3-20(27)28/h4-9,12H,2-3,10-11H2,1H3,(H,26,29). The lowest BCUT2D eigenvalue weighted by molar-refractivity contribution is -0.117. The van der Waals surface area contributed by atoms with E-state index < -0.39 is 0 Å². The number of carbonyl (C=O) groups is 2. The molecule has 1 aliphatic heterocycles. The Labute approximate surface area is 182 Å². The average molecular weight is 444 g/mol. The van der Waals surface area contributed by atoms with Crippen LogP contribution in [0.15, 0.2) is 42.5 Å². The van der Waals surface area contributed by atoms with E-state index in [2.05, 4.69) is 10.3 Å². The third-order valence-corrected chi connectivity index (χ3v) is 6.38. The van der Waals surface area contributed by atoms with Crippen molar-refractivity contribution in [1.29, 1.82) is 0 Å². The van der Waals surface area contributed by atoms with Crippen molar-refractivity contribution < 1.29 is 14.0 Å². The van der Waals surface area contributed by atoms with Crippen molar-refractivity contribution in [3.05, 3.63) is 74.4 Å². The number of nitrogens with zero attached hydrogens (tertiary/aromatic N) is 2. The zero-order chi connectivity index (χ0) is 21.3. The minimum absolute atomic E-state index is 0.0679. The van der Waals surface area contributed by atoms with Crippen molar-refractivity contribution in [2.24, 2.45) is 0 Å². The molecule has 1 fully saturated rings. The molecular weight excluding hydrogens is 425 g/mol. The Kier molecular flexibility index (Phi) is 5.83. The lowest BCUT2D eigenvalue weighted by atomic mass is 10.1. The Balaban J connectivity index is 1.52. The fraction of sp³-hybridized carbons (Fsp3) is 0.227. The lowest BCUT2D eigenvalue weighted by Crippen LogP contribution is -2.23. The van der Waals surface area contributed by atoms with Gasteiger partial charge in [-0.3, -0.25) is 9.59 Å². The van der Waals surface area contributed by atoms with Gasteiger partial charge in [-0.25, -0.2) is 9.37 Å². The molecule has 0 atom stereocenters. The Bertz CT molecular complexity index is 1110. The van der Waals surface area contributed by atoms with Crippen molar-refractivity contribution in [3.63, 3.8) is 0 Å². The molecule has 30 heavy (non-hydrogen) atoms. The summed E-state index contributed by atoms with van der Waals surface area (Å²) in [5, 5.41) is 4.01. The van der Waals surface area contributed by atoms with Gasteiger partial charge in [-0.2, -0.15) is 0 Å². The molecule has 8 heteroatoms. The zero-order valence-corrected chi connectivity index (χ0v) is 17.8. The predicted molar refractivity (Wildman–Crippen MR) is 117 cm³/mol. The lowest BCUT2D eigenvalue weighted by Gasteiger charge is -2.17. The number of anilines is 2. The van der Waals surface area contributed by atoms with Crippen molar-refractivity contribution in [3.8, 4) is 0 Å². The van der Waals surface area contributed by atoms with Crippen LogP contribution in [-0.2, 0) is 11.2 Å². The molecule has 1 N–H and O–H groups in total. The maximum absolute atomic E-state index is 13.1. The molecule has 3 aromatic rings. The molecule has 0 saturated carbocycles. The number of halogens is 2. The van der Waals surface area contributed by atoms with Crippen molar-refractivity contribution in [1.82, 2.24) is 4.98 Å². The van der Waals surface area contributed by atoms with Crippen molar-refractivity contribution in [2.75, 3.05) is 16.8 Å². The van der Waals surface area contributed by atoms with Gasteiger partial charge in [-0.15, -0.1) is 11.3 Å². The van der Waals surface area contributed by atoms with Gasteiger partial charge in [0, 0.05) is 25.1 Å². The summed E-state index contributed by atoms with van der Waals surface area (Å²) in [6.07, 6.45) is 1.87. The van der Waals surface area contributed by atoms with Gasteiger partial charge in [0.1, 0.15) is 10.7 Å². The molecule has 0 spiro atoms. The van der Waals surface area contributed by atoms with Crippen LogP contribution in [0.1, 0.15) is 38.8 Å². The summed E-state index contributed by atoms with van der Waals surface area (Å²) in [6, 6.07) is 11.4. The van der Waals surface area contributed by atoms with E-state index in [1.165, 1.54) is 23.5 Å². The monoisotopic (exact) mass is 443 g/mol. The second-order valence-corrected chi connectivity index (χ2v) is 8.58. The summed E-state index contributed by atoms with van der Waals surface area (Å²) in [5.41, 5.74) is 2.71. The molecular formula is C22H19ClFN3O2S. The number of nitrogens with one attached hydrogen (secondary N) is 1. The summed E-state index contributed by atoms with van der Waals surface area (Å²) < 4.78 is 13.1. The minimum atomic E-state index is -0.304. The highest BCUT2D eigenvalue weighted by atomic mass is 35.5. The van der Waals surface area contributed by atoms with Crippen molar-refractivity contribution >= 4 is 46.1 Å². The van der Waals surface area contributed by atoms with Gasteiger partial charge >= 0.3 is 0 Å². The van der Waals surface area contributed by atoms with Gasteiger partial charge in [0.05, 0.1) is 21.4 Å². The quantitative estimate of drug-likeness (QED) is 0.588. The van der Waals surface area contributed by atoms with E-state index >= 15 is 0 Å². The number of aromatic nitrogens is 1. The zero-order valence-electron chi connectivity index (χ0n) is 16.2. The van der Waals surface area contributed by atoms with E-state index in [4.69, 9.17) is 11.6 Å². The number of hydrogen-bond acceptors (Lipinski definition) is 4. The van der Waals surface area contributed by atoms with Crippen LogP contribution in [0.3, 0.4) is 0 Å². The summed E-state index contributed by atoms with van der Waals surface area (Å²) in [7, 11) is 0. The van der Waals surface area contributed by atoms with Gasteiger partial charge in [0.25, 0.3) is 5.91 Å². The largest absolute Gasteiger partial charge is 0.320 e. The fourth-order valence-electron chi connectivity index (χ4n) is 3.39. The summed E-state index contributed by atoms with van der Waals surface area (Å²) in [5.74, 6) is -0.524. The third kappa shape index (κ3) is 4.37. The van der Waals surface area contributed by atoms with E-state index in [0.717, 1.165) is 22.7 Å². The number of aryl methyl sites for hydroxylation is 1. The van der Waals surface area contributed by atoms with Crippen LogP contribution < -0.4 is 10.2 Å². The van der Waals surface area contributed by atoms with Gasteiger partial charge in [0.15, 0.2) is 0 Å². The molecule has 1 saturated heterocycles. The maximum atomic E-state index is 13.1. The van der Waals surface area contributed by atoms with E-state index in [-0.39, 0.29) is 17.6 Å². The summed E-state index contributed by atoms with van der Waals surface area (Å²) in [6.45, 7) is 2.44. The van der Waals surface area contributed by atoms with E-state index in [1.54, 1.807) is 42.2 Å². The maximum Gasteiger partial charge on any atom is 0.267 e. The van der Waals surface area contributed by atoms with E-state index in [9.17, 15) is 14.0 Å². The average Bonchev–Trinajstić information content (AvgIpc) is 3.30. The first kappa shape index (κ1) is 20.5. The highest BCUT2D eigenvalue weighted by molar-refractivity contribution is 7.14. The molecule has 1 aliphatic rings. The van der Waals surface area contributed by atoms with Crippen molar-refractivity contribution in [2.45, 2.75) is 26.2 Å². The highest BCUT2D eigenvalue weighted by Gasteiger charge is 2.23. The fourth-order valence-corrected chi connectivity index (χ4v) is 4.55. The van der Waals surface area contributed by atoms with Crippen LogP contribution in [0.4, 0.5) is 15.8 Å². The SMILES string of the molecule is Cc1nc(Cc2ccc(F)cc2)sc1C(=O)Nc1cc(N2CCCC2=O)ccc1Cl. The minimum Gasteiger partial charge on any atom is -0.320 e. The van der Waals surface area contributed by atoms with Gasteiger partial charge < -0.3 is 10.2 Å². The van der Waals surface area contributed by atoms with Crippen LogP contribution in [0.5, 0.6) is 0 Å². The number of carbonyl (C=O) groups excluding carboxylic acids is 2. The number of benzene rings is 2. The topological polar surface area (TPSA) is 62.3 Å². The first-order chi connectivity index (χ1) is 14.4.